The van der Waals surface area contributed by atoms with E-state index in [9.17, 15) is 9.59 Å². The second-order valence-corrected chi connectivity index (χ2v) is 6.35. The number of carbonyl (C=O) groups is 1. The number of hydrogen-bond acceptors (Lipinski definition) is 4. The standard InChI is InChI=1S/C19H16Cl2N2O3/c1-2-26-19(25)15-17(22-10-11-6-3-4-8-13(11)20)12-7-5-9-14(21)16(12)23-18(15)24/h3-9H,2,10H2,1H3,(H2,22,23,24). The molecule has 0 amide bonds. The molecule has 3 rings (SSSR count). The van der Waals surface area contributed by atoms with Gasteiger partial charge in [-0.2, -0.15) is 0 Å². The van der Waals surface area contributed by atoms with Gasteiger partial charge >= 0.3 is 5.97 Å². The molecule has 7 heteroatoms. The van der Waals surface area contributed by atoms with E-state index in [-0.39, 0.29) is 12.2 Å². The van der Waals surface area contributed by atoms with Crippen molar-refractivity contribution < 1.29 is 9.53 Å². The first-order valence-electron chi connectivity index (χ1n) is 8.01. The Kier molecular flexibility index (Phi) is 5.49. The third-order valence-corrected chi connectivity index (χ3v) is 4.58. The summed E-state index contributed by atoms with van der Waals surface area (Å²) in [5, 5.41) is 4.75. The van der Waals surface area contributed by atoms with Crippen LogP contribution in [0.1, 0.15) is 22.8 Å². The van der Waals surface area contributed by atoms with E-state index in [2.05, 4.69) is 10.3 Å². The predicted molar refractivity (Wildman–Crippen MR) is 104 cm³/mol. The first kappa shape index (κ1) is 18.3. The topological polar surface area (TPSA) is 71.2 Å². The molecule has 0 atom stereocenters. The second kappa shape index (κ2) is 7.81. The summed E-state index contributed by atoms with van der Waals surface area (Å²) in [4.78, 5) is 27.5. The van der Waals surface area contributed by atoms with Crippen molar-refractivity contribution >= 4 is 45.8 Å². The Morgan fingerprint density at radius 2 is 1.85 bits per heavy atom. The number of anilines is 1. The Labute approximate surface area is 159 Å². The van der Waals surface area contributed by atoms with Crippen LogP contribution in [0.2, 0.25) is 10.0 Å². The number of benzene rings is 2. The number of H-pyrrole nitrogens is 1. The molecule has 0 saturated carbocycles. The van der Waals surface area contributed by atoms with E-state index in [4.69, 9.17) is 27.9 Å². The summed E-state index contributed by atoms with van der Waals surface area (Å²) in [6.45, 7) is 2.17. The van der Waals surface area contributed by atoms with E-state index in [0.717, 1.165) is 5.56 Å². The number of ether oxygens (including phenoxy) is 1. The van der Waals surface area contributed by atoms with Crippen LogP contribution >= 0.6 is 23.2 Å². The van der Waals surface area contributed by atoms with Crippen molar-refractivity contribution in [2.24, 2.45) is 0 Å². The van der Waals surface area contributed by atoms with Crippen LogP contribution in [-0.4, -0.2) is 17.6 Å². The van der Waals surface area contributed by atoms with Crippen molar-refractivity contribution in [1.29, 1.82) is 0 Å². The average molecular weight is 391 g/mol. The third kappa shape index (κ3) is 3.54. The van der Waals surface area contributed by atoms with Gasteiger partial charge in [0.25, 0.3) is 5.56 Å². The highest BCUT2D eigenvalue weighted by molar-refractivity contribution is 6.35. The van der Waals surface area contributed by atoms with Gasteiger partial charge < -0.3 is 15.0 Å². The minimum atomic E-state index is -0.697. The zero-order valence-corrected chi connectivity index (χ0v) is 15.4. The Bertz CT molecular complexity index is 1030. The lowest BCUT2D eigenvalue weighted by atomic mass is 10.1. The van der Waals surface area contributed by atoms with Crippen LogP contribution in [0, 0.1) is 0 Å². The maximum absolute atomic E-state index is 12.5. The molecule has 0 fully saturated rings. The number of nitrogens with one attached hydrogen (secondary N) is 2. The number of esters is 1. The van der Waals surface area contributed by atoms with Gasteiger partial charge in [-0.3, -0.25) is 4.79 Å². The monoisotopic (exact) mass is 390 g/mol. The van der Waals surface area contributed by atoms with Gasteiger partial charge in [-0.15, -0.1) is 0 Å². The fourth-order valence-electron chi connectivity index (χ4n) is 2.69. The zero-order valence-electron chi connectivity index (χ0n) is 13.9. The van der Waals surface area contributed by atoms with Gasteiger partial charge in [0.1, 0.15) is 5.56 Å². The maximum atomic E-state index is 12.5. The molecule has 5 nitrogen and oxygen atoms in total. The number of rotatable bonds is 5. The van der Waals surface area contributed by atoms with Crippen LogP contribution < -0.4 is 10.9 Å². The van der Waals surface area contributed by atoms with E-state index in [1.807, 2.05) is 18.2 Å². The summed E-state index contributed by atoms with van der Waals surface area (Å²) in [5.74, 6) is -0.697. The minimum absolute atomic E-state index is 0.0892. The molecule has 3 aromatic rings. The number of fused-ring (bicyclic) bond motifs is 1. The highest BCUT2D eigenvalue weighted by Gasteiger charge is 2.21. The quantitative estimate of drug-likeness (QED) is 0.623. The first-order chi connectivity index (χ1) is 12.5. The van der Waals surface area contributed by atoms with Crippen LogP contribution in [0.3, 0.4) is 0 Å². The molecule has 1 heterocycles. The summed E-state index contributed by atoms with van der Waals surface area (Å²) in [7, 11) is 0. The number of hydrogen-bond donors (Lipinski definition) is 2. The lowest BCUT2D eigenvalue weighted by Crippen LogP contribution is -2.23. The van der Waals surface area contributed by atoms with Crippen molar-refractivity contribution in [2.45, 2.75) is 13.5 Å². The van der Waals surface area contributed by atoms with Crippen molar-refractivity contribution in [3.63, 3.8) is 0 Å². The maximum Gasteiger partial charge on any atom is 0.345 e. The molecule has 2 aromatic carbocycles. The number of carbonyl (C=O) groups excluding carboxylic acids is 1. The summed E-state index contributed by atoms with van der Waals surface area (Å²) in [6, 6.07) is 12.5. The number of pyridine rings is 1. The van der Waals surface area contributed by atoms with Crippen LogP contribution in [0.5, 0.6) is 0 Å². The lowest BCUT2D eigenvalue weighted by molar-refractivity contribution is 0.0525. The van der Waals surface area contributed by atoms with Gasteiger partial charge in [0, 0.05) is 17.0 Å². The smallest absolute Gasteiger partial charge is 0.345 e. The molecule has 0 unspecified atom stereocenters. The highest BCUT2D eigenvalue weighted by Crippen LogP contribution is 2.29. The van der Waals surface area contributed by atoms with Gasteiger partial charge in [0.15, 0.2) is 0 Å². The molecule has 0 saturated heterocycles. The number of aromatic amines is 1. The number of halogens is 2. The molecule has 0 aliphatic carbocycles. The molecule has 1 aromatic heterocycles. The molecule has 2 N–H and O–H groups in total. The summed E-state index contributed by atoms with van der Waals surface area (Å²) >= 11 is 12.4. The van der Waals surface area contributed by atoms with Crippen molar-refractivity contribution in [3.05, 3.63) is 74.0 Å². The van der Waals surface area contributed by atoms with Gasteiger partial charge in [0.05, 0.1) is 22.8 Å². The number of aromatic nitrogens is 1. The summed E-state index contributed by atoms with van der Waals surface area (Å²) < 4.78 is 5.05. The van der Waals surface area contributed by atoms with E-state index >= 15 is 0 Å². The molecule has 0 radical (unpaired) electrons. The third-order valence-electron chi connectivity index (χ3n) is 3.89. The van der Waals surface area contributed by atoms with Crippen molar-refractivity contribution in [1.82, 2.24) is 4.98 Å². The van der Waals surface area contributed by atoms with Gasteiger partial charge in [-0.25, -0.2) is 4.79 Å². The van der Waals surface area contributed by atoms with Crippen LogP contribution in [-0.2, 0) is 11.3 Å². The molecule has 0 bridgehead atoms. The van der Waals surface area contributed by atoms with Crippen LogP contribution in [0.25, 0.3) is 10.9 Å². The van der Waals surface area contributed by atoms with E-state index < -0.39 is 11.5 Å². The van der Waals surface area contributed by atoms with Crippen molar-refractivity contribution in [2.75, 3.05) is 11.9 Å². The van der Waals surface area contributed by atoms with Gasteiger partial charge in [-0.05, 0) is 24.6 Å². The van der Waals surface area contributed by atoms with E-state index in [1.54, 1.807) is 31.2 Å². The lowest BCUT2D eigenvalue weighted by Gasteiger charge is -2.15. The summed E-state index contributed by atoms with van der Waals surface area (Å²) in [5.41, 5.74) is 0.998. The van der Waals surface area contributed by atoms with Crippen LogP contribution in [0.4, 0.5) is 5.69 Å². The largest absolute Gasteiger partial charge is 0.462 e. The Hall–Kier alpha value is -2.50. The minimum Gasteiger partial charge on any atom is -0.462 e. The Morgan fingerprint density at radius 1 is 1.12 bits per heavy atom. The predicted octanol–water partition coefficient (Wildman–Crippen LogP) is 4.62. The normalized spacial score (nSPS) is 10.7. The zero-order chi connectivity index (χ0) is 18.7. The van der Waals surface area contributed by atoms with E-state index in [1.165, 1.54) is 0 Å². The molecule has 134 valence electrons. The fourth-order valence-corrected chi connectivity index (χ4v) is 3.12. The Balaban J connectivity index is 2.15. The SMILES string of the molecule is CCOC(=O)c1c(NCc2ccccc2Cl)c2cccc(Cl)c2[nH]c1=O. The highest BCUT2D eigenvalue weighted by atomic mass is 35.5. The Morgan fingerprint density at radius 3 is 2.58 bits per heavy atom. The van der Waals surface area contributed by atoms with Crippen LogP contribution in [0.15, 0.2) is 47.3 Å². The number of para-hydroxylation sites is 1. The summed E-state index contributed by atoms with van der Waals surface area (Å²) in [6.07, 6.45) is 0. The first-order valence-corrected chi connectivity index (χ1v) is 8.77. The molecule has 0 aliphatic rings. The van der Waals surface area contributed by atoms with Gasteiger partial charge in [0.2, 0.25) is 0 Å². The fraction of sp³-hybridized carbons (Fsp3) is 0.158. The molecular weight excluding hydrogens is 375 g/mol. The molecule has 26 heavy (non-hydrogen) atoms. The molecular formula is C19H16Cl2N2O3. The average Bonchev–Trinajstić information content (AvgIpc) is 2.61. The molecule has 0 aliphatic heterocycles. The molecule has 0 spiro atoms. The van der Waals surface area contributed by atoms with E-state index in [0.29, 0.717) is 33.2 Å². The van der Waals surface area contributed by atoms with Crippen molar-refractivity contribution in [3.8, 4) is 0 Å². The second-order valence-electron chi connectivity index (χ2n) is 5.53. The van der Waals surface area contributed by atoms with Gasteiger partial charge in [-0.1, -0.05) is 53.5 Å².